The van der Waals surface area contributed by atoms with Gasteiger partial charge >= 0.3 is 5.97 Å². The van der Waals surface area contributed by atoms with Gasteiger partial charge in [0.2, 0.25) is 0 Å². The number of carbonyl (C=O) groups is 1. The van der Waals surface area contributed by atoms with Gasteiger partial charge in [0.1, 0.15) is 0 Å². The number of hydrogen-bond acceptors (Lipinski definition) is 1. The highest BCUT2D eigenvalue weighted by Crippen LogP contribution is 2.24. The number of unbranched alkanes of at least 4 members (excludes halogenated alkanes) is 8. The Balaban J connectivity index is 3.49. The van der Waals surface area contributed by atoms with Crippen LogP contribution in [0.3, 0.4) is 0 Å². The van der Waals surface area contributed by atoms with E-state index in [4.69, 9.17) is 5.11 Å². The second-order valence-corrected chi connectivity index (χ2v) is 6.91. The van der Waals surface area contributed by atoms with Crippen molar-refractivity contribution in [3.8, 4) is 0 Å². The summed E-state index contributed by atoms with van der Waals surface area (Å²) in [5.41, 5.74) is 0. The molecule has 0 fully saturated rings. The number of carboxylic acid groups (broad SMARTS) is 1. The lowest BCUT2D eigenvalue weighted by Crippen LogP contribution is -2.09. The van der Waals surface area contributed by atoms with Crippen molar-refractivity contribution in [2.75, 3.05) is 0 Å². The molecule has 0 heterocycles. The van der Waals surface area contributed by atoms with E-state index in [9.17, 15) is 4.79 Å². The van der Waals surface area contributed by atoms with Crippen LogP contribution in [0.1, 0.15) is 104 Å². The largest absolute Gasteiger partial charge is 0.481 e. The van der Waals surface area contributed by atoms with Crippen molar-refractivity contribution < 1.29 is 9.90 Å². The molecule has 0 saturated heterocycles. The second kappa shape index (κ2) is 14.4. The van der Waals surface area contributed by atoms with Crippen molar-refractivity contribution in [3.63, 3.8) is 0 Å². The molecular formula is C19H38O2. The van der Waals surface area contributed by atoms with E-state index < -0.39 is 5.97 Å². The highest BCUT2D eigenvalue weighted by atomic mass is 16.4. The van der Waals surface area contributed by atoms with Crippen molar-refractivity contribution in [2.45, 2.75) is 104 Å². The van der Waals surface area contributed by atoms with Crippen LogP contribution in [0.25, 0.3) is 0 Å². The van der Waals surface area contributed by atoms with Gasteiger partial charge in [-0.1, -0.05) is 85.0 Å². The molecule has 21 heavy (non-hydrogen) atoms. The summed E-state index contributed by atoms with van der Waals surface area (Å²) in [4.78, 5) is 10.6. The Morgan fingerprint density at radius 2 is 1.29 bits per heavy atom. The van der Waals surface area contributed by atoms with Gasteiger partial charge in [-0.05, 0) is 24.7 Å². The van der Waals surface area contributed by atoms with E-state index in [2.05, 4.69) is 20.8 Å². The van der Waals surface area contributed by atoms with Crippen LogP contribution in [0.5, 0.6) is 0 Å². The fourth-order valence-corrected chi connectivity index (χ4v) is 3.04. The van der Waals surface area contributed by atoms with Gasteiger partial charge in [-0.2, -0.15) is 0 Å². The number of carboxylic acids is 1. The van der Waals surface area contributed by atoms with E-state index in [1.165, 1.54) is 64.2 Å². The summed E-state index contributed by atoms with van der Waals surface area (Å²) in [6.45, 7) is 6.82. The first kappa shape index (κ1) is 20.5. The predicted octanol–water partition coefficient (Wildman–Crippen LogP) is 6.43. The lowest BCUT2D eigenvalue weighted by molar-refractivity contribution is -0.137. The average molecular weight is 299 g/mol. The molecule has 0 aliphatic heterocycles. The Kier molecular flexibility index (Phi) is 14.0. The van der Waals surface area contributed by atoms with E-state index in [0.717, 1.165) is 12.8 Å². The number of rotatable bonds is 15. The van der Waals surface area contributed by atoms with E-state index in [-0.39, 0.29) is 0 Å². The molecule has 0 amide bonds. The maximum atomic E-state index is 10.6. The Labute approximate surface area is 132 Å². The molecule has 1 atom stereocenters. The van der Waals surface area contributed by atoms with Crippen molar-refractivity contribution in [1.82, 2.24) is 0 Å². The molecule has 0 saturated carbocycles. The third-order valence-corrected chi connectivity index (χ3v) is 4.59. The summed E-state index contributed by atoms with van der Waals surface area (Å²) >= 11 is 0. The van der Waals surface area contributed by atoms with Crippen LogP contribution in [0.2, 0.25) is 0 Å². The van der Waals surface area contributed by atoms with Gasteiger partial charge in [-0.25, -0.2) is 0 Å². The minimum absolute atomic E-state index is 0.334. The SMILES string of the molecule is CCCCCCCCCCCC(CCCC(=O)O)C(C)C. The van der Waals surface area contributed by atoms with E-state index in [1.807, 2.05) is 0 Å². The Morgan fingerprint density at radius 3 is 1.76 bits per heavy atom. The number of hydrogen-bond donors (Lipinski definition) is 1. The van der Waals surface area contributed by atoms with E-state index >= 15 is 0 Å². The Morgan fingerprint density at radius 1 is 0.810 bits per heavy atom. The molecule has 0 rings (SSSR count). The molecule has 0 aromatic rings. The molecule has 1 unspecified atom stereocenters. The molecule has 0 aromatic heterocycles. The van der Waals surface area contributed by atoms with Crippen LogP contribution in [-0.2, 0) is 4.79 Å². The fraction of sp³-hybridized carbons (Fsp3) is 0.947. The van der Waals surface area contributed by atoms with Crippen LogP contribution < -0.4 is 0 Å². The number of aliphatic carboxylic acids is 1. The topological polar surface area (TPSA) is 37.3 Å². The van der Waals surface area contributed by atoms with Crippen molar-refractivity contribution in [3.05, 3.63) is 0 Å². The molecule has 0 radical (unpaired) electrons. The van der Waals surface area contributed by atoms with Crippen LogP contribution >= 0.6 is 0 Å². The van der Waals surface area contributed by atoms with E-state index in [1.54, 1.807) is 0 Å². The first-order chi connectivity index (χ1) is 10.1. The second-order valence-electron chi connectivity index (χ2n) is 6.91. The van der Waals surface area contributed by atoms with Gasteiger partial charge in [0.25, 0.3) is 0 Å². The highest BCUT2D eigenvalue weighted by Gasteiger charge is 2.13. The normalized spacial score (nSPS) is 12.8. The predicted molar refractivity (Wildman–Crippen MR) is 91.7 cm³/mol. The van der Waals surface area contributed by atoms with Crippen LogP contribution in [0, 0.1) is 11.8 Å². The van der Waals surface area contributed by atoms with Crippen molar-refractivity contribution in [1.29, 1.82) is 0 Å². The van der Waals surface area contributed by atoms with Crippen LogP contribution in [-0.4, -0.2) is 11.1 Å². The van der Waals surface area contributed by atoms with Gasteiger partial charge in [-0.15, -0.1) is 0 Å². The molecule has 0 aliphatic carbocycles. The zero-order valence-corrected chi connectivity index (χ0v) is 14.7. The molecule has 0 bridgehead atoms. The third-order valence-electron chi connectivity index (χ3n) is 4.59. The molecule has 126 valence electrons. The molecular weight excluding hydrogens is 260 g/mol. The standard InChI is InChI=1S/C19H38O2/c1-4-5-6-7-8-9-10-11-12-14-18(17(2)3)15-13-16-19(20)21/h17-18H,4-16H2,1-3H3,(H,20,21). The molecule has 0 aromatic carbocycles. The zero-order chi connectivity index (χ0) is 15.9. The smallest absolute Gasteiger partial charge is 0.303 e. The van der Waals surface area contributed by atoms with Crippen molar-refractivity contribution in [2.24, 2.45) is 11.8 Å². The molecule has 2 nitrogen and oxygen atoms in total. The quantitative estimate of drug-likeness (QED) is 0.353. The maximum absolute atomic E-state index is 10.6. The Bertz CT molecular complexity index is 236. The van der Waals surface area contributed by atoms with Gasteiger partial charge in [-0.3, -0.25) is 4.79 Å². The third kappa shape index (κ3) is 14.2. The lowest BCUT2D eigenvalue weighted by atomic mass is 9.86. The fourth-order valence-electron chi connectivity index (χ4n) is 3.04. The van der Waals surface area contributed by atoms with Crippen molar-refractivity contribution >= 4 is 5.97 Å². The summed E-state index contributed by atoms with van der Waals surface area (Å²) in [6.07, 6.45) is 16.0. The Hall–Kier alpha value is -0.530. The van der Waals surface area contributed by atoms with E-state index in [0.29, 0.717) is 18.3 Å². The molecule has 1 N–H and O–H groups in total. The first-order valence-corrected chi connectivity index (χ1v) is 9.29. The minimum atomic E-state index is -0.652. The van der Waals surface area contributed by atoms with Crippen LogP contribution in [0.15, 0.2) is 0 Å². The summed E-state index contributed by atoms with van der Waals surface area (Å²) < 4.78 is 0. The van der Waals surface area contributed by atoms with Gasteiger partial charge in [0, 0.05) is 6.42 Å². The molecule has 2 heteroatoms. The van der Waals surface area contributed by atoms with Gasteiger partial charge in [0.15, 0.2) is 0 Å². The maximum Gasteiger partial charge on any atom is 0.303 e. The minimum Gasteiger partial charge on any atom is -0.481 e. The average Bonchev–Trinajstić information content (AvgIpc) is 2.43. The summed E-state index contributed by atoms with van der Waals surface area (Å²) in [5.74, 6) is 0.752. The summed E-state index contributed by atoms with van der Waals surface area (Å²) in [5, 5.41) is 8.72. The zero-order valence-electron chi connectivity index (χ0n) is 14.7. The first-order valence-electron chi connectivity index (χ1n) is 9.29. The van der Waals surface area contributed by atoms with Gasteiger partial charge < -0.3 is 5.11 Å². The monoisotopic (exact) mass is 298 g/mol. The van der Waals surface area contributed by atoms with Crippen LogP contribution in [0.4, 0.5) is 0 Å². The lowest BCUT2D eigenvalue weighted by Gasteiger charge is -2.20. The summed E-state index contributed by atoms with van der Waals surface area (Å²) in [7, 11) is 0. The van der Waals surface area contributed by atoms with Gasteiger partial charge in [0.05, 0.1) is 0 Å². The summed E-state index contributed by atoms with van der Waals surface area (Å²) in [6, 6.07) is 0. The molecule has 0 aliphatic rings. The molecule has 0 spiro atoms. The highest BCUT2D eigenvalue weighted by molar-refractivity contribution is 5.66.